The van der Waals surface area contributed by atoms with Gasteiger partial charge in [-0.2, -0.15) is 0 Å². The molecule has 0 N–H and O–H groups in total. The highest BCUT2D eigenvalue weighted by Gasteiger charge is 2.32. The number of nitro benzene ring substituents is 1. The standard InChI is InChI=1S/C17H18N2O5/c1-11-9-13(19(21)22)4-5-14(11)17(20)18-7-8-23-10-15(18)16-6-3-12(2)24-16/h3-6,9,15H,7-8,10H2,1-2H3/t15-/m0/s1. The van der Waals surface area contributed by atoms with Gasteiger partial charge in [-0.3, -0.25) is 14.9 Å². The largest absolute Gasteiger partial charge is 0.464 e. The molecule has 0 aliphatic carbocycles. The van der Waals surface area contributed by atoms with E-state index in [0.29, 0.717) is 36.6 Å². The Labute approximate surface area is 139 Å². The fraction of sp³-hybridized carbons (Fsp3) is 0.353. The molecule has 24 heavy (non-hydrogen) atoms. The monoisotopic (exact) mass is 330 g/mol. The van der Waals surface area contributed by atoms with E-state index in [-0.39, 0.29) is 17.6 Å². The van der Waals surface area contributed by atoms with Crippen LogP contribution >= 0.6 is 0 Å². The smallest absolute Gasteiger partial charge is 0.269 e. The number of amides is 1. The number of hydrogen-bond acceptors (Lipinski definition) is 5. The summed E-state index contributed by atoms with van der Waals surface area (Å²) in [6.45, 7) is 4.81. The Morgan fingerprint density at radius 1 is 1.29 bits per heavy atom. The first-order valence-electron chi connectivity index (χ1n) is 7.67. The van der Waals surface area contributed by atoms with Crippen LogP contribution in [0.2, 0.25) is 0 Å². The maximum absolute atomic E-state index is 13.0. The van der Waals surface area contributed by atoms with Gasteiger partial charge in [0.15, 0.2) is 0 Å². The Morgan fingerprint density at radius 2 is 2.08 bits per heavy atom. The number of furan rings is 1. The fourth-order valence-electron chi connectivity index (χ4n) is 2.87. The summed E-state index contributed by atoms with van der Waals surface area (Å²) < 4.78 is 11.2. The first kappa shape index (κ1) is 16.2. The van der Waals surface area contributed by atoms with E-state index in [4.69, 9.17) is 9.15 Å². The zero-order valence-corrected chi connectivity index (χ0v) is 13.5. The molecule has 0 unspecified atom stereocenters. The van der Waals surface area contributed by atoms with Gasteiger partial charge >= 0.3 is 0 Å². The summed E-state index contributed by atoms with van der Waals surface area (Å²) in [6.07, 6.45) is 0. The van der Waals surface area contributed by atoms with Crippen LogP contribution in [0.1, 0.15) is 33.5 Å². The molecule has 126 valence electrons. The van der Waals surface area contributed by atoms with Crippen molar-refractivity contribution in [1.29, 1.82) is 0 Å². The lowest BCUT2D eigenvalue weighted by Crippen LogP contribution is -2.43. The molecule has 1 aliphatic rings. The van der Waals surface area contributed by atoms with Crippen LogP contribution in [0.15, 0.2) is 34.7 Å². The van der Waals surface area contributed by atoms with E-state index < -0.39 is 4.92 Å². The first-order chi connectivity index (χ1) is 11.5. The van der Waals surface area contributed by atoms with Crippen molar-refractivity contribution >= 4 is 11.6 Å². The Hall–Kier alpha value is -2.67. The number of nitrogens with zero attached hydrogens (tertiary/aromatic N) is 2. The number of benzene rings is 1. The van der Waals surface area contributed by atoms with E-state index in [1.54, 1.807) is 11.8 Å². The van der Waals surface area contributed by atoms with Gasteiger partial charge < -0.3 is 14.1 Å². The zero-order chi connectivity index (χ0) is 17.3. The number of carbonyl (C=O) groups is 1. The predicted octanol–water partition coefficient (Wildman–Crippen LogP) is 3.02. The molecule has 1 aliphatic heterocycles. The molecule has 2 heterocycles. The van der Waals surface area contributed by atoms with Crippen LogP contribution in [0.25, 0.3) is 0 Å². The van der Waals surface area contributed by atoms with E-state index in [1.165, 1.54) is 18.2 Å². The molecule has 1 aromatic carbocycles. The summed E-state index contributed by atoms with van der Waals surface area (Å²) in [4.78, 5) is 25.0. The van der Waals surface area contributed by atoms with Crippen molar-refractivity contribution in [2.45, 2.75) is 19.9 Å². The fourth-order valence-corrected chi connectivity index (χ4v) is 2.87. The van der Waals surface area contributed by atoms with Crippen molar-refractivity contribution in [2.24, 2.45) is 0 Å². The summed E-state index contributed by atoms with van der Waals surface area (Å²) in [5.41, 5.74) is 1.01. The van der Waals surface area contributed by atoms with E-state index >= 15 is 0 Å². The lowest BCUT2D eigenvalue weighted by Gasteiger charge is -2.34. The minimum Gasteiger partial charge on any atom is -0.464 e. The molecule has 1 aromatic heterocycles. The van der Waals surface area contributed by atoms with Crippen LogP contribution < -0.4 is 0 Å². The van der Waals surface area contributed by atoms with Gasteiger partial charge in [0.25, 0.3) is 11.6 Å². The Morgan fingerprint density at radius 3 is 2.71 bits per heavy atom. The van der Waals surface area contributed by atoms with Gasteiger partial charge in [-0.15, -0.1) is 0 Å². The van der Waals surface area contributed by atoms with Crippen molar-refractivity contribution in [2.75, 3.05) is 19.8 Å². The van der Waals surface area contributed by atoms with Gasteiger partial charge in [0, 0.05) is 24.2 Å². The van der Waals surface area contributed by atoms with Gasteiger partial charge in [-0.1, -0.05) is 0 Å². The average Bonchev–Trinajstić information content (AvgIpc) is 3.00. The molecule has 7 nitrogen and oxygen atoms in total. The van der Waals surface area contributed by atoms with E-state index in [2.05, 4.69) is 0 Å². The van der Waals surface area contributed by atoms with Crippen molar-refractivity contribution in [3.05, 3.63) is 63.1 Å². The van der Waals surface area contributed by atoms with Gasteiger partial charge in [0.1, 0.15) is 17.6 Å². The van der Waals surface area contributed by atoms with E-state index in [0.717, 1.165) is 5.76 Å². The van der Waals surface area contributed by atoms with Crippen molar-refractivity contribution in [1.82, 2.24) is 4.90 Å². The molecular formula is C17H18N2O5. The number of aryl methyl sites for hydroxylation is 2. The minimum atomic E-state index is -0.468. The lowest BCUT2D eigenvalue weighted by molar-refractivity contribution is -0.384. The van der Waals surface area contributed by atoms with Gasteiger partial charge in [0.2, 0.25) is 0 Å². The molecule has 2 aromatic rings. The maximum Gasteiger partial charge on any atom is 0.269 e. The molecule has 0 saturated carbocycles. The van der Waals surface area contributed by atoms with Crippen molar-refractivity contribution in [3.63, 3.8) is 0 Å². The highest BCUT2D eigenvalue weighted by Crippen LogP contribution is 2.28. The summed E-state index contributed by atoms with van der Waals surface area (Å²) in [5.74, 6) is 1.28. The van der Waals surface area contributed by atoms with Crippen LogP contribution in [0.3, 0.4) is 0 Å². The zero-order valence-electron chi connectivity index (χ0n) is 13.5. The van der Waals surface area contributed by atoms with Gasteiger partial charge in [-0.25, -0.2) is 0 Å². The quantitative estimate of drug-likeness (QED) is 0.638. The summed E-state index contributed by atoms with van der Waals surface area (Å²) in [6, 6.07) is 7.68. The molecule has 0 radical (unpaired) electrons. The second-order valence-corrected chi connectivity index (χ2v) is 5.79. The van der Waals surface area contributed by atoms with Gasteiger partial charge in [-0.05, 0) is 37.6 Å². The highest BCUT2D eigenvalue weighted by molar-refractivity contribution is 5.96. The molecular weight excluding hydrogens is 312 g/mol. The molecule has 1 fully saturated rings. The van der Waals surface area contributed by atoms with Crippen molar-refractivity contribution < 1.29 is 18.9 Å². The third-order valence-corrected chi connectivity index (χ3v) is 4.13. The van der Waals surface area contributed by atoms with E-state index in [1.807, 2.05) is 19.1 Å². The Bertz CT molecular complexity index is 783. The number of morpholine rings is 1. The highest BCUT2D eigenvalue weighted by atomic mass is 16.6. The van der Waals surface area contributed by atoms with Crippen LogP contribution in [-0.4, -0.2) is 35.5 Å². The topological polar surface area (TPSA) is 85.8 Å². The molecule has 0 spiro atoms. The maximum atomic E-state index is 13.0. The summed E-state index contributed by atoms with van der Waals surface area (Å²) >= 11 is 0. The first-order valence-corrected chi connectivity index (χ1v) is 7.67. The molecule has 0 bridgehead atoms. The molecule has 1 amide bonds. The third kappa shape index (κ3) is 3.03. The summed E-state index contributed by atoms with van der Waals surface area (Å²) in [5, 5.41) is 10.9. The van der Waals surface area contributed by atoms with Crippen LogP contribution in [-0.2, 0) is 4.74 Å². The number of hydrogen-bond donors (Lipinski definition) is 0. The van der Waals surface area contributed by atoms with Crippen LogP contribution in [0.4, 0.5) is 5.69 Å². The second kappa shape index (κ2) is 6.45. The number of nitro groups is 1. The van der Waals surface area contributed by atoms with E-state index in [9.17, 15) is 14.9 Å². The molecule has 1 saturated heterocycles. The summed E-state index contributed by atoms with van der Waals surface area (Å²) in [7, 11) is 0. The SMILES string of the molecule is Cc1ccc([C@@H]2COCCN2C(=O)c2ccc([N+](=O)[O-])cc2C)o1. The van der Waals surface area contributed by atoms with Gasteiger partial charge in [0.05, 0.1) is 18.1 Å². The molecule has 1 atom stereocenters. The Kier molecular flexibility index (Phi) is 4.35. The minimum absolute atomic E-state index is 0.0239. The number of carbonyl (C=O) groups excluding carboxylic acids is 1. The molecule has 3 rings (SSSR count). The average molecular weight is 330 g/mol. The third-order valence-electron chi connectivity index (χ3n) is 4.13. The second-order valence-electron chi connectivity index (χ2n) is 5.79. The number of ether oxygens (including phenoxy) is 1. The van der Waals surface area contributed by atoms with Crippen LogP contribution in [0, 0.1) is 24.0 Å². The lowest BCUT2D eigenvalue weighted by atomic mass is 10.0. The molecule has 7 heteroatoms. The van der Waals surface area contributed by atoms with Crippen LogP contribution in [0.5, 0.6) is 0 Å². The number of rotatable bonds is 3. The number of non-ortho nitro benzene ring substituents is 1. The normalized spacial score (nSPS) is 17.8. The predicted molar refractivity (Wildman–Crippen MR) is 85.9 cm³/mol. The Balaban J connectivity index is 1.91. The van der Waals surface area contributed by atoms with Crippen molar-refractivity contribution in [3.8, 4) is 0 Å².